The Morgan fingerprint density at radius 1 is 0.675 bits per heavy atom. The number of hydrogen-bond donors (Lipinski definition) is 1. The second-order valence-corrected chi connectivity index (χ2v) is 9.60. The minimum Gasteiger partial charge on any atom is -0.457 e. The fraction of sp³-hybridized carbons (Fsp3) is 0.630. The molecular formula is C27H36O13. The van der Waals surface area contributed by atoms with Gasteiger partial charge in [-0.15, -0.1) is 0 Å². The number of carbonyl (C=O) groups excluding carboxylic acids is 4. The Bertz CT molecular complexity index is 1030. The van der Waals surface area contributed by atoms with Gasteiger partial charge in [-0.25, -0.2) is 0 Å². The van der Waals surface area contributed by atoms with E-state index < -0.39 is 85.3 Å². The third-order valence-electron chi connectivity index (χ3n) is 6.26. The largest absolute Gasteiger partial charge is 0.457 e. The van der Waals surface area contributed by atoms with Crippen LogP contribution in [0.2, 0.25) is 0 Å². The van der Waals surface area contributed by atoms with Crippen molar-refractivity contribution in [1.82, 2.24) is 0 Å². The topological polar surface area (TPSA) is 162 Å². The maximum Gasteiger partial charge on any atom is 0.303 e. The molecule has 0 aliphatic carbocycles. The normalized spacial score (nSPS) is 33.9. The summed E-state index contributed by atoms with van der Waals surface area (Å²) in [5.41, 5.74) is 0.788. The Hall–Kier alpha value is -3.10. The zero-order chi connectivity index (χ0) is 29.6. The van der Waals surface area contributed by atoms with Gasteiger partial charge in [0.05, 0.1) is 18.8 Å². The van der Waals surface area contributed by atoms with E-state index in [4.69, 9.17) is 37.9 Å². The number of carbonyl (C=O) groups is 4. The highest BCUT2D eigenvalue weighted by Gasteiger charge is 2.55. The summed E-state index contributed by atoms with van der Waals surface area (Å²) in [6.45, 7) is 7.83. The van der Waals surface area contributed by atoms with Crippen LogP contribution in [0.1, 0.15) is 47.1 Å². The first-order chi connectivity index (χ1) is 18.9. The van der Waals surface area contributed by atoms with Crippen LogP contribution in [0, 0.1) is 0 Å². The molecule has 40 heavy (non-hydrogen) atoms. The molecule has 13 nitrogen and oxygen atoms in total. The summed E-state index contributed by atoms with van der Waals surface area (Å²) in [4.78, 5) is 47.9. The van der Waals surface area contributed by atoms with Crippen LogP contribution >= 0.6 is 0 Å². The second-order valence-electron chi connectivity index (χ2n) is 9.60. The van der Waals surface area contributed by atoms with Crippen LogP contribution in [0.25, 0.3) is 0 Å². The Kier molecular flexibility index (Phi) is 11.0. The number of rotatable bonds is 9. The van der Waals surface area contributed by atoms with Crippen molar-refractivity contribution in [3.8, 4) is 0 Å². The Labute approximate surface area is 231 Å². The van der Waals surface area contributed by atoms with Crippen molar-refractivity contribution in [2.75, 3.05) is 0 Å². The monoisotopic (exact) mass is 568 g/mol. The molecule has 2 fully saturated rings. The van der Waals surface area contributed by atoms with Gasteiger partial charge in [-0.1, -0.05) is 30.3 Å². The van der Waals surface area contributed by atoms with Crippen LogP contribution in [0.15, 0.2) is 30.3 Å². The number of aliphatic hydroxyl groups excluding tert-OH is 1. The van der Waals surface area contributed by atoms with Crippen LogP contribution in [0.4, 0.5) is 0 Å². The predicted molar refractivity (Wildman–Crippen MR) is 133 cm³/mol. The number of hydrogen-bond acceptors (Lipinski definition) is 13. The minimum atomic E-state index is -1.50. The molecule has 0 amide bonds. The van der Waals surface area contributed by atoms with Gasteiger partial charge in [-0.05, 0) is 19.4 Å². The average Bonchev–Trinajstić information content (AvgIpc) is 2.85. The smallest absolute Gasteiger partial charge is 0.303 e. The second kappa shape index (κ2) is 14.0. The van der Waals surface area contributed by atoms with Crippen LogP contribution < -0.4 is 0 Å². The molecule has 3 rings (SSSR count). The molecule has 2 heterocycles. The molecule has 13 heteroatoms. The molecule has 2 aliphatic rings. The Morgan fingerprint density at radius 3 is 1.70 bits per heavy atom. The lowest BCUT2D eigenvalue weighted by atomic mass is 9.96. The van der Waals surface area contributed by atoms with E-state index in [1.165, 1.54) is 13.8 Å². The molecule has 222 valence electrons. The highest BCUT2D eigenvalue weighted by atomic mass is 16.8. The highest BCUT2D eigenvalue weighted by molar-refractivity contribution is 5.68. The van der Waals surface area contributed by atoms with E-state index in [1.807, 2.05) is 30.3 Å². The van der Waals surface area contributed by atoms with E-state index in [9.17, 15) is 24.3 Å². The standard InChI is InChI=1S/C27H36O13/c1-13-20(36-15(3)28)22(24(26(32)34-13)33-12-19-10-8-7-9-11-19)40-27-25(39-18(6)31)23(38-17(5)30)21(14(2)35-27)37-16(4)29/h7-11,13-14,20-27,32H,12H2,1-6H3/t13-,14-,20-,21-,22+,23+,24+,25+,26+,27-/m0/s1. The SMILES string of the molecule is CC(=O)O[C@@H]1[C@@H](OC(C)=O)[C@H](C)O[C@@H](O[C@@H]2[C@@H](OC(C)=O)[C@H](C)O[C@@H](O)[C@@H]2OCc2ccccc2)[C@@H]1OC(C)=O. The zero-order valence-corrected chi connectivity index (χ0v) is 23.2. The van der Waals surface area contributed by atoms with Crippen LogP contribution in [0.5, 0.6) is 0 Å². The minimum absolute atomic E-state index is 0.0485. The lowest BCUT2D eigenvalue weighted by Gasteiger charge is -2.48. The van der Waals surface area contributed by atoms with Gasteiger partial charge >= 0.3 is 23.9 Å². The summed E-state index contributed by atoms with van der Waals surface area (Å²) >= 11 is 0. The van der Waals surface area contributed by atoms with E-state index >= 15 is 0 Å². The summed E-state index contributed by atoms with van der Waals surface area (Å²) in [6.07, 6.45) is -12.0. The highest BCUT2D eigenvalue weighted by Crippen LogP contribution is 2.34. The first kappa shape index (κ1) is 31.4. The first-order valence-corrected chi connectivity index (χ1v) is 12.9. The van der Waals surface area contributed by atoms with Crippen molar-refractivity contribution in [2.45, 2.75) is 110 Å². The van der Waals surface area contributed by atoms with Gasteiger partial charge in [-0.3, -0.25) is 19.2 Å². The number of ether oxygens (including phenoxy) is 8. The molecule has 0 unspecified atom stereocenters. The van der Waals surface area contributed by atoms with Crippen molar-refractivity contribution in [2.24, 2.45) is 0 Å². The van der Waals surface area contributed by atoms with E-state index in [2.05, 4.69) is 0 Å². The van der Waals surface area contributed by atoms with Crippen molar-refractivity contribution in [3.63, 3.8) is 0 Å². The summed E-state index contributed by atoms with van der Waals surface area (Å²) in [5.74, 6) is -2.81. The predicted octanol–water partition coefficient (Wildman–Crippen LogP) is 1.17. The van der Waals surface area contributed by atoms with Gasteiger partial charge in [-0.2, -0.15) is 0 Å². The molecule has 0 aromatic heterocycles. The molecular weight excluding hydrogens is 532 g/mol. The molecule has 0 bridgehead atoms. The maximum atomic E-state index is 12.1. The van der Waals surface area contributed by atoms with Crippen molar-refractivity contribution >= 4 is 23.9 Å². The van der Waals surface area contributed by atoms with E-state index in [0.717, 1.165) is 19.4 Å². The van der Waals surface area contributed by atoms with E-state index in [1.54, 1.807) is 13.8 Å². The lowest BCUT2D eigenvalue weighted by molar-refractivity contribution is -0.356. The summed E-state index contributed by atoms with van der Waals surface area (Å²) in [5, 5.41) is 10.8. The fourth-order valence-corrected chi connectivity index (χ4v) is 4.68. The van der Waals surface area contributed by atoms with Crippen LogP contribution in [0.3, 0.4) is 0 Å². The molecule has 2 saturated heterocycles. The molecule has 1 N–H and O–H groups in total. The molecule has 10 atom stereocenters. The lowest BCUT2D eigenvalue weighted by Crippen LogP contribution is -2.65. The van der Waals surface area contributed by atoms with Gasteiger partial charge < -0.3 is 43.0 Å². The molecule has 0 radical (unpaired) electrons. The third-order valence-corrected chi connectivity index (χ3v) is 6.26. The van der Waals surface area contributed by atoms with Gasteiger partial charge in [0.25, 0.3) is 0 Å². The average molecular weight is 569 g/mol. The van der Waals surface area contributed by atoms with Gasteiger partial charge in [0.15, 0.2) is 37.0 Å². The first-order valence-electron chi connectivity index (χ1n) is 12.9. The molecule has 2 aliphatic heterocycles. The van der Waals surface area contributed by atoms with E-state index in [-0.39, 0.29) is 6.61 Å². The summed E-state index contributed by atoms with van der Waals surface area (Å²) < 4.78 is 45.5. The maximum absolute atomic E-state index is 12.1. The van der Waals surface area contributed by atoms with Gasteiger partial charge in [0.1, 0.15) is 12.2 Å². The number of aliphatic hydroxyl groups is 1. The van der Waals surface area contributed by atoms with Crippen molar-refractivity contribution < 1.29 is 62.2 Å². The van der Waals surface area contributed by atoms with Gasteiger partial charge in [0.2, 0.25) is 0 Å². The molecule has 0 saturated carbocycles. The van der Waals surface area contributed by atoms with Crippen molar-refractivity contribution in [1.29, 1.82) is 0 Å². The van der Waals surface area contributed by atoms with Crippen LogP contribution in [-0.4, -0.2) is 90.4 Å². The fourth-order valence-electron chi connectivity index (χ4n) is 4.68. The summed E-state index contributed by atoms with van der Waals surface area (Å²) in [6, 6.07) is 9.12. The quantitative estimate of drug-likeness (QED) is 0.334. The molecule has 0 spiro atoms. The number of esters is 4. The van der Waals surface area contributed by atoms with Gasteiger partial charge in [0, 0.05) is 27.7 Å². The Morgan fingerprint density at radius 2 is 1.15 bits per heavy atom. The summed E-state index contributed by atoms with van der Waals surface area (Å²) in [7, 11) is 0. The molecule has 1 aromatic carbocycles. The van der Waals surface area contributed by atoms with Crippen molar-refractivity contribution in [3.05, 3.63) is 35.9 Å². The van der Waals surface area contributed by atoms with Crippen LogP contribution in [-0.2, 0) is 63.7 Å². The zero-order valence-electron chi connectivity index (χ0n) is 23.2. The molecule has 1 aromatic rings. The number of benzene rings is 1. The Balaban J connectivity index is 1.98. The van der Waals surface area contributed by atoms with E-state index in [0.29, 0.717) is 0 Å². The third kappa shape index (κ3) is 8.21.